The molecule has 1 aliphatic rings. The van der Waals surface area contributed by atoms with Crippen molar-refractivity contribution in [1.29, 1.82) is 0 Å². The lowest BCUT2D eigenvalue weighted by molar-refractivity contribution is -0.0174. The van der Waals surface area contributed by atoms with E-state index >= 15 is 0 Å². The zero-order chi connectivity index (χ0) is 93.2. The van der Waals surface area contributed by atoms with Crippen LogP contribution in [0.5, 0.6) is 0 Å². The Bertz CT molecular complexity index is 1920. The fourth-order valence-electron chi connectivity index (χ4n) is 13.6. The largest absolute Gasteiger partial charge is 0.412 e. The lowest BCUT2D eigenvalue weighted by atomic mass is 10.0. The van der Waals surface area contributed by atoms with Gasteiger partial charge in [-0.1, -0.05) is 169 Å². The molecule has 21 N–H and O–H groups in total. The SMILES string of the molecule is CC(C)CC(C)NCCN1CCNCC1.CC(C)CC(C)NCCNCCNC(C)CC(C)C.CC(C)CCC(C)NCCNCCNC(C)CCC(C)C.CCCCCC(O)CN(CCN(CCN(CC(O)COCCCC)CC(O)COCCCC)CC(O)COCCCC)CC(O)COCCCC.CCCCOCC(O)CC.NCCNCCN.O. The Morgan fingerprint density at radius 3 is 0.895 bits per heavy atom. The lowest BCUT2D eigenvalue weighted by Gasteiger charge is -2.33. The molecule has 0 aliphatic carbocycles. The standard InChI is InChI=1S/C39H83N3O9.C18H41N3.C16H37N3.C12H27N3.C8H18O2.C4H13N3.H2O/c1-6-11-16-17-35(43)26-41(28-37(45)32-49-23-13-8-3)20-18-40(27-36(44)31-48-22-12-7-2)19-21-42(29-38(46)33-50-24-14-9-4)30-39(47)34-51-25-15-10-5;1-15(2)7-9-17(5)20-13-11-19-12-14-21-18(6)10-8-16(3)4;1-13(2)11-15(5)18-9-7-17-8-10-19-16(6)12-14(3)4;1-11(2)10-12(3)14-6-9-15-7-4-13-5-8-15;1-3-5-6-10-7-8(9)4-2;5-1-3-7-4-2-6;/h35-39,43-47H,6-34H2,1-5H3;15-21H,7-14H2,1-6H3;13-19H,7-12H2,1-6H3;11-14H,4-10H2,1-3H3;8-9H,3-7H2,1-2H3;7H,1-6H2;1H2. The molecule has 0 bridgehead atoms. The van der Waals surface area contributed by atoms with Crippen LogP contribution in [0.3, 0.4) is 0 Å². The van der Waals surface area contributed by atoms with E-state index in [0.717, 1.165) is 218 Å². The molecule has 0 aromatic carbocycles. The summed E-state index contributed by atoms with van der Waals surface area (Å²) < 4.78 is 28.0. The molecule has 756 valence electrons. The summed E-state index contributed by atoms with van der Waals surface area (Å²) in [6.45, 7) is 76.6. The van der Waals surface area contributed by atoms with E-state index in [9.17, 15) is 25.5 Å². The Morgan fingerprint density at radius 1 is 0.315 bits per heavy atom. The van der Waals surface area contributed by atoms with Gasteiger partial charge in [-0.25, -0.2) is 0 Å². The Hall–Kier alpha value is -1.08. The Balaban J connectivity index is -0.000000389. The van der Waals surface area contributed by atoms with Crippen LogP contribution < -0.4 is 59.3 Å². The highest BCUT2D eigenvalue weighted by Crippen LogP contribution is 2.12. The number of aliphatic hydroxyl groups excluding tert-OH is 6. The van der Waals surface area contributed by atoms with Crippen molar-refractivity contribution in [3.05, 3.63) is 0 Å². The van der Waals surface area contributed by atoms with Gasteiger partial charge in [-0.2, -0.15) is 0 Å². The van der Waals surface area contributed by atoms with E-state index in [4.69, 9.17) is 40.3 Å². The molecule has 124 heavy (non-hydrogen) atoms. The van der Waals surface area contributed by atoms with Crippen LogP contribution in [0.15, 0.2) is 0 Å². The summed E-state index contributed by atoms with van der Waals surface area (Å²) in [6.07, 6.45) is 20.3. The van der Waals surface area contributed by atoms with Crippen LogP contribution in [0.2, 0.25) is 0 Å². The highest BCUT2D eigenvalue weighted by molar-refractivity contribution is 4.78. The van der Waals surface area contributed by atoms with Crippen molar-refractivity contribution in [2.24, 2.45) is 41.1 Å². The van der Waals surface area contributed by atoms with Crippen LogP contribution in [0, 0.1) is 29.6 Å². The van der Waals surface area contributed by atoms with Crippen molar-refractivity contribution in [2.75, 3.05) is 243 Å². The molecular weight excluding hydrogens is 1570 g/mol. The third-order valence-corrected chi connectivity index (χ3v) is 21.0. The van der Waals surface area contributed by atoms with Gasteiger partial charge in [-0.3, -0.25) is 19.6 Å². The average molecular weight is 1790 g/mol. The van der Waals surface area contributed by atoms with Crippen LogP contribution in [0.25, 0.3) is 0 Å². The summed E-state index contributed by atoms with van der Waals surface area (Å²) in [4.78, 5) is 8.86. The summed E-state index contributed by atoms with van der Waals surface area (Å²) in [6, 6.07) is 3.21. The van der Waals surface area contributed by atoms with Crippen molar-refractivity contribution in [1.82, 2.24) is 67.5 Å². The molecule has 0 saturated carbocycles. The monoisotopic (exact) mass is 1790 g/mol. The summed E-state index contributed by atoms with van der Waals surface area (Å²) in [5.74, 6) is 3.99. The summed E-state index contributed by atoms with van der Waals surface area (Å²) in [5.41, 5.74) is 10.3. The van der Waals surface area contributed by atoms with Gasteiger partial charge in [-0.15, -0.1) is 0 Å². The molecule has 0 aromatic heterocycles. The predicted molar refractivity (Wildman–Crippen MR) is 532 cm³/mol. The van der Waals surface area contributed by atoms with Gasteiger partial charge in [0.15, 0.2) is 0 Å². The molecule has 0 radical (unpaired) electrons. The molecule has 1 rings (SSSR count). The minimum Gasteiger partial charge on any atom is -0.412 e. The van der Waals surface area contributed by atoms with E-state index in [0.29, 0.717) is 135 Å². The van der Waals surface area contributed by atoms with Crippen LogP contribution in [0.4, 0.5) is 0 Å². The van der Waals surface area contributed by atoms with Gasteiger partial charge in [0.05, 0.1) is 69.7 Å². The number of nitrogens with two attached hydrogens (primary N) is 2. The number of hydrogen-bond acceptors (Lipinski definition) is 26. The van der Waals surface area contributed by atoms with E-state index in [-0.39, 0.29) is 38.0 Å². The third kappa shape index (κ3) is 110. The molecule has 0 spiro atoms. The molecule has 11 atom stereocenters. The van der Waals surface area contributed by atoms with Crippen LogP contribution >= 0.6 is 0 Å². The number of nitrogens with one attached hydrogen (secondary N) is 9. The number of ether oxygens (including phenoxy) is 5. The molecular formula is C97H221N15O12. The highest BCUT2D eigenvalue weighted by Gasteiger charge is 2.23. The Kier molecular flexibility index (Phi) is 110. The maximum atomic E-state index is 11.0. The number of rotatable bonds is 82. The molecule has 11 unspecified atom stereocenters. The lowest BCUT2D eigenvalue weighted by Crippen LogP contribution is -2.48. The van der Waals surface area contributed by atoms with Crippen molar-refractivity contribution in [3.8, 4) is 0 Å². The average Bonchev–Trinajstić information content (AvgIpc) is 0.906. The first-order valence-electron chi connectivity index (χ1n) is 50.7. The normalized spacial score (nSPS) is 15.2. The molecule has 0 amide bonds. The molecule has 0 aromatic rings. The fourth-order valence-corrected chi connectivity index (χ4v) is 13.6. The molecule has 1 fully saturated rings. The summed E-state index contributed by atoms with van der Waals surface area (Å²) in [5, 5.41) is 94.7. The molecule has 1 saturated heterocycles. The highest BCUT2D eigenvalue weighted by atomic mass is 16.5. The van der Waals surface area contributed by atoms with E-state index in [1.165, 1.54) is 64.6 Å². The minimum atomic E-state index is -0.702. The van der Waals surface area contributed by atoms with Crippen molar-refractivity contribution in [2.45, 2.75) is 360 Å². The number of unbranched alkanes of at least 4 members (excludes halogenated alkanes) is 7. The molecule has 27 nitrogen and oxygen atoms in total. The second kappa shape index (κ2) is 102. The molecule has 1 heterocycles. The van der Waals surface area contributed by atoms with Gasteiger partial charge in [0, 0.05) is 240 Å². The van der Waals surface area contributed by atoms with Crippen LogP contribution in [-0.2, 0) is 23.7 Å². The second-order valence-electron chi connectivity index (χ2n) is 37.3. The molecule has 27 heteroatoms. The first-order valence-corrected chi connectivity index (χ1v) is 50.7. The van der Waals surface area contributed by atoms with E-state index in [1.54, 1.807) is 0 Å². The summed E-state index contributed by atoms with van der Waals surface area (Å²) >= 11 is 0. The number of hydrogen-bond donors (Lipinski definition) is 17. The van der Waals surface area contributed by atoms with Crippen LogP contribution in [0.1, 0.15) is 294 Å². The maximum absolute atomic E-state index is 11.0. The zero-order valence-electron chi connectivity index (χ0n) is 85.6. The number of nitrogens with zero attached hydrogens (tertiary/aromatic N) is 4. The summed E-state index contributed by atoms with van der Waals surface area (Å²) in [7, 11) is 0. The first-order chi connectivity index (χ1) is 58.9. The minimum absolute atomic E-state index is 0. The van der Waals surface area contributed by atoms with Gasteiger partial charge in [0.1, 0.15) is 0 Å². The fraction of sp³-hybridized carbons (Fsp3) is 1.00. The topological polar surface area (TPSA) is 372 Å². The van der Waals surface area contributed by atoms with E-state index in [1.807, 2.05) is 11.8 Å². The van der Waals surface area contributed by atoms with Crippen LogP contribution in [-0.4, -0.2) is 365 Å². The third-order valence-electron chi connectivity index (χ3n) is 21.0. The number of aliphatic hydroxyl groups is 6. The zero-order valence-corrected chi connectivity index (χ0v) is 85.6. The van der Waals surface area contributed by atoms with Gasteiger partial charge < -0.3 is 119 Å². The van der Waals surface area contributed by atoms with Gasteiger partial charge >= 0.3 is 0 Å². The van der Waals surface area contributed by atoms with Crippen molar-refractivity contribution >= 4 is 0 Å². The predicted octanol–water partition coefficient (Wildman–Crippen LogP) is 9.73. The Morgan fingerprint density at radius 2 is 0.597 bits per heavy atom. The second-order valence-corrected chi connectivity index (χ2v) is 37.3. The first kappa shape index (κ1) is 134. The molecule has 1 aliphatic heterocycles. The van der Waals surface area contributed by atoms with Gasteiger partial charge in [0.25, 0.3) is 0 Å². The van der Waals surface area contributed by atoms with Crippen molar-refractivity contribution < 1.29 is 59.8 Å². The Labute approximate surface area is 767 Å². The number of piperazine rings is 1. The quantitative estimate of drug-likeness (QED) is 0.0252. The maximum Gasteiger partial charge on any atom is 0.0900 e. The van der Waals surface area contributed by atoms with E-state index < -0.39 is 30.5 Å². The van der Waals surface area contributed by atoms with E-state index in [2.05, 4.69) is 208 Å². The van der Waals surface area contributed by atoms with Gasteiger partial charge in [0.2, 0.25) is 0 Å². The van der Waals surface area contributed by atoms with Crippen molar-refractivity contribution in [3.63, 3.8) is 0 Å². The van der Waals surface area contributed by atoms with Gasteiger partial charge in [-0.05, 0) is 154 Å². The smallest absolute Gasteiger partial charge is 0.0900 e.